The molecule has 0 bridgehead atoms. The van der Waals surface area contributed by atoms with Gasteiger partial charge in [-0.2, -0.15) is 0 Å². The Kier molecular flexibility index (Phi) is 1.22. The van der Waals surface area contributed by atoms with E-state index in [-0.39, 0.29) is 5.92 Å². The molecule has 3 atom stereocenters. The van der Waals surface area contributed by atoms with Crippen LogP contribution in [0.3, 0.4) is 0 Å². The van der Waals surface area contributed by atoms with Crippen LogP contribution in [0.2, 0.25) is 0 Å². The number of fused-ring (bicyclic) bond motifs is 1. The zero-order chi connectivity index (χ0) is 9.15. The van der Waals surface area contributed by atoms with Gasteiger partial charge in [-0.05, 0) is 6.42 Å². The predicted octanol–water partition coefficient (Wildman–Crippen LogP) is -1.41. The normalized spacial score (nSPS) is 48.4. The van der Waals surface area contributed by atoms with E-state index in [2.05, 4.69) is 0 Å². The van der Waals surface area contributed by atoms with Crippen molar-refractivity contribution >= 4 is 15.8 Å². The highest BCUT2D eigenvalue weighted by molar-refractivity contribution is 7.92. The Balaban J connectivity index is 2.41. The molecule has 0 amide bonds. The average Bonchev–Trinajstić information content (AvgIpc) is 2.58. The van der Waals surface area contributed by atoms with E-state index in [0.29, 0.717) is 6.42 Å². The summed E-state index contributed by atoms with van der Waals surface area (Å²) < 4.78 is 22.4. The lowest BCUT2D eigenvalue weighted by atomic mass is 9.98. The summed E-state index contributed by atoms with van der Waals surface area (Å²) in [6.45, 7) is 0. The van der Waals surface area contributed by atoms with Crippen molar-refractivity contribution in [3.63, 3.8) is 0 Å². The first kappa shape index (κ1) is 8.00. The van der Waals surface area contributed by atoms with Gasteiger partial charge in [0.15, 0.2) is 9.84 Å². The van der Waals surface area contributed by atoms with Gasteiger partial charge in [-0.15, -0.1) is 0 Å². The molecule has 2 aliphatic rings. The van der Waals surface area contributed by atoms with Crippen LogP contribution in [-0.4, -0.2) is 36.0 Å². The van der Waals surface area contributed by atoms with Crippen LogP contribution in [0, 0.1) is 5.92 Å². The number of aliphatic carboxylic acids is 1. The molecule has 6 heteroatoms. The highest BCUT2D eigenvalue weighted by Gasteiger charge is 2.68. The van der Waals surface area contributed by atoms with Gasteiger partial charge in [0.25, 0.3) is 0 Å². The third kappa shape index (κ3) is 0.763. The summed E-state index contributed by atoms with van der Waals surface area (Å²) in [4.78, 5) is 10.7. The largest absolute Gasteiger partial charge is 0.480 e. The lowest BCUT2D eigenvalue weighted by Crippen LogP contribution is -2.52. The first-order valence-electron chi connectivity index (χ1n) is 3.62. The highest BCUT2D eigenvalue weighted by Crippen LogP contribution is 2.51. The van der Waals surface area contributed by atoms with Crippen LogP contribution < -0.4 is 5.73 Å². The minimum Gasteiger partial charge on any atom is -0.480 e. The van der Waals surface area contributed by atoms with Gasteiger partial charge in [0.1, 0.15) is 5.54 Å². The van der Waals surface area contributed by atoms with Crippen LogP contribution in [0.25, 0.3) is 0 Å². The predicted molar refractivity (Wildman–Crippen MR) is 40.2 cm³/mol. The Labute approximate surface area is 69.5 Å². The molecule has 0 aromatic rings. The standard InChI is InChI=1S/C6H9NO4S/c7-6(5(8)9)2-12(10,11)4-1-3(4)6/h3-4H,1-2,7H2,(H,8,9)/t3-,4+,6+/m1/s1. The molecule has 0 spiro atoms. The maximum Gasteiger partial charge on any atom is 0.325 e. The van der Waals surface area contributed by atoms with Gasteiger partial charge >= 0.3 is 5.97 Å². The SMILES string of the molecule is N[C@@]1(C(=O)O)CS(=O)(=O)[C@H]2C[C@H]21. The van der Waals surface area contributed by atoms with Crippen molar-refractivity contribution < 1.29 is 18.3 Å². The summed E-state index contributed by atoms with van der Waals surface area (Å²) in [7, 11) is -3.21. The average molecular weight is 191 g/mol. The lowest BCUT2D eigenvalue weighted by molar-refractivity contribution is -0.143. The molecular formula is C6H9NO4S. The van der Waals surface area contributed by atoms with Crippen LogP contribution in [0.5, 0.6) is 0 Å². The summed E-state index contributed by atoms with van der Waals surface area (Å²) in [6, 6.07) is 0. The summed E-state index contributed by atoms with van der Waals surface area (Å²) in [6.07, 6.45) is 0.422. The van der Waals surface area contributed by atoms with Gasteiger partial charge in [0.2, 0.25) is 0 Å². The Morgan fingerprint density at radius 2 is 2.17 bits per heavy atom. The maximum atomic E-state index is 11.2. The van der Waals surface area contributed by atoms with Crippen molar-refractivity contribution in [1.29, 1.82) is 0 Å². The first-order chi connectivity index (χ1) is 5.38. The Morgan fingerprint density at radius 1 is 1.58 bits per heavy atom. The molecule has 2 fully saturated rings. The van der Waals surface area contributed by atoms with Crippen molar-refractivity contribution in [2.45, 2.75) is 17.2 Å². The van der Waals surface area contributed by atoms with Gasteiger partial charge in [-0.3, -0.25) is 4.79 Å². The fourth-order valence-electron chi connectivity index (χ4n) is 1.88. The van der Waals surface area contributed by atoms with E-state index in [1.165, 1.54) is 0 Å². The molecule has 0 unspecified atom stereocenters. The molecule has 5 nitrogen and oxygen atoms in total. The Hall–Kier alpha value is -0.620. The van der Waals surface area contributed by atoms with E-state index in [1.54, 1.807) is 0 Å². The zero-order valence-corrected chi connectivity index (χ0v) is 7.04. The van der Waals surface area contributed by atoms with Crippen LogP contribution in [-0.2, 0) is 14.6 Å². The number of sulfone groups is 1. The molecular weight excluding hydrogens is 182 g/mol. The van der Waals surface area contributed by atoms with Gasteiger partial charge in [-0.1, -0.05) is 0 Å². The molecule has 0 aromatic heterocycles. The number of rotatable bonds is 1. The van der Waals surface area contributed by atoms with E-state index in [4.69, 9.17) is 10.8 Å². The summed E-state index contributed by atoms with van der Waals surface area (Å²) >= 11 is 0. The molecule has 1 aliphatic carbocycles. The van der Waals surface area contributed by atoms with E-state index in [9.17, 15) is 13.2 Å². The smallest absolute Gasteiger partial charge is 0.325 e. The van der Waals surface area contributed by atoms with Crippen LogP contribution in [0.4, 0.5) is 0 Å². The number of carboxylic acid groups (broad SMARTS) is 1. The number of carbonyl (C=O) groups is 1. The zero-order valence-electron chi connectivity index (χ0n) is 6.23. The molecule has 0 aromatic carbocycles. The highest BCUT2D eigenvalue weighted by atomic mass is 32.2. The van der Waals surface area contributed by atoms with E-state index in [1.807, 2.05) is 0 Å². The molecule has 2 rings (SSSR count). The maximum absolute atomic E-state index is 11.2. The van der Waals surface area contributed by atoms with Crippen molar-refractivity contribution in [3.05, 3.63) is 0 Å². The molecule has 3 N–H and O–H groups in total. The Morgan fingerprint density at radius 3 is 2.33 bits per heavy atom. The second-order valence-corrected chi connectivity index (χ2v) is 5.75. The number of hydrogen-bond donors (Lipinski definition) is 2. The van der Waals surface area contributed by atoms with Crippen molar-refractivity contribution in [3.8, 4) is 0 Å². The van der Waals surface area contributed by atoms with Gasteiger partial charge in [0.05, 0.1) is 11.0 Å². The molecule has 1 saturated carbocycles. The van der Waals surface area contributed by atoms with Gasteiger partial charge in [0, 0.05) is 5.92 Å². The number of carboxylic acids is 1. The first-order valence-corrected chi connectivity index (χ1v) is 5.33. The third-order valence-corrected chi connectivity index (χ3v) is 5.02. The van der Waals surface area contributed by atoms with Gasteiger partial charge in [-0.25, -0.2) is 8.42 Å². The van der Waals surface area contributed by atoms with Crippen molar-refractivity contribution in [2.75, 3.05) is 5.75 Å². The monoisotopic (exact) mass is 191 g/mol. The van der Waals surface area contributed by atoms with Crippen LogP contribution in [0.15, 0.2) is 0 Å². The molecule has 0 radical (unpaired) electrons. The van der Waals surface area contributed by atoms with Crippen LogP contribution in [0.1, 0.15) is 6.42 Å². The van der Waals surface area contributed by atoms with Crippen molar-refractivity contribution in [1.82, 2.24) is 0 Å². The van der Waals surface area contributed by atoms with Crippen LogP contribution >= 0.6 is 0 Å². The summed E-state index contributed by atoms with van der Waals surface area (Å²) in [5, 5.41) is 8.24. The van der Waals surface area contributed by atoms with E-state index < -0.39 is 32.3 Å². The lowest BCUT2D eigenvalue weighted by Gasteiger charge is -2.18. The van der Waals surface area contributed by atoms with E-state index in [0.717, 1.165) is 0 Å². The fourth-order valence-corrected chi connectivity index (χ4v) is 4.34. The number of nitrogens with two attached hydrogens (primary N) is 1. The van der Waals surface area contributed by atoms with Crippen molar-refractivity contribution in [2.24, 2.45) is 11.7 Å². The summed E-state index contributed by atoms with van der Waals surface area (Å²) in [5.41, 5.74) is 3.97. The fraction of sp³-hybridized carbons (Fsp3) is 0.833. The quantitative estimate of drug-likeness (QED) is 0.530. The topological polar surface area (TPSA) is 97.5 Å². The molecule has 1 saturated heterocycles. The molecule has 68 valence electrons. The van der Waals surface area contributed by atoms with E-state index >= 15 is 0 Å². The van der Waals surface area contributed by atoms with Gasteiger partial charge < -0.3 is 10.8 Å². The third-order valence-electron chi connectivity index (χ3n) is 2.69. The molecule has 1 heterocycles. The molecule has 1 aliphatic heterocycles. The second kappa shape index (κ2) is 1.82. The summed E-state index contributed by atoms with van der Waals surface area (Å²) in [5.74, 6) is -1.94. The minimum absolute atomic E-state index is 0.347. The molecule has 12 heavy (non-hydrogen) atoms. The number of hydrogen-bond acceptors (Lipinski definition) is 4. The second-order valence-electron chi connectivity index (χ2n) is 3.53. The Bertz CT molecular complexity index is 349. The minimum atomic E-state index is -3.21.